The van der Waals surface area contributed by atoms with Gasteiger partial charge in [0.15, 0.2) is 0 Å². The van der Waals surface area contributed by atoms with Crippen LogP contribution in [0.4, 0.5) is 0 Å². The number of aromatic nitrogens is 1. The van der Waals surface area contributed by atoms with Crippen LogP contribution in [0.3, 0.4) is 0 Å². The van der Waals surface area contributed by atoms with Gasteiger partial charge < -0.3 is 9.67 Å². The number of carboxylic acids is 1. The molecule has 0 aliphatic rings. The first kappa shape index (κ1) is 17.7. The molecule has 1 aromatic heterocycles. The Labute approximate surface area is 126 Å². The van der Waals surface area contributed by atoms with Crippen molar-refractivity contribution < 1.29 is 18.3 Å². The quantitative estimate of drug-likeness (QED) is 0.732. The molecule has 0 saturated carbocycles. The highest BCUT2D eigenvalue weighted by molar-refractivity contribution is 7.89. The Bertz CT molecular complexity index is 578. The molecule has 0 radical (unpaired) electrons. The number of nitrogens with one attached hydrogen (secondary N) is 1. The summed E-state index contributed by atoms with van der Waals surface area (Å²) in [5.74, 6) is -1.12. The third-order valence-electron chi connectivity index (χ3n) is 3.32. The summed E-state index contributed by atoms with van der Waals surface area (Å²) >= 11 is 0. The van der Waals surface area contributed by atoms with Gasteiger partial charge in [0.25, 0.3) is 0 Å². The van der Waals surface area contributed by atoms with Crippen molar-refractivity contribution in [1.82, 2.24) is 9.29 Å². The SMILES string of the molecule is CCCC(CC)NS(=O)(=O)c1cc(C(=O)O)n(CCC)c1. The summed E-state index contributed by atoms with van der Waals surface area (Å²) in [6, 6.07) is 1.10. The van der Waals surface area contributed by atoms with E-state index in [0.717, 1.165) is 19.3 Å². The summed E-state index contributed by atoms with van der Waals surface area (Å²) in [5.41, 5.74) is 0.000708. The van der Waals surface area contributed by atoms with Crippen LogP contribution < -0.4 is 4.72 Å². The van der Waals surface area contributed by atoms with E-state index in [4.69, 9.17) is 5.11 Å². The van der Waals surface area contributed by atoms with Gasteiger partial charge in [0.1, 0.15) is 10.6 Å². The van der Waals surface area contributed by atoms with E-state index in [1.165, 1.54) is 16.8 Å². The zero-order chi connectivity index (χ0) is 16.0. The lowest BCUT2D eigenvalue weighted by Gasteiger charge is -2.15. The Morgan fingerprint density at radius 2 is 2.00 bits per heavy atom. The minimum absolute atomic E-state index is 0.000708. The number of sulfonamides is 1. The number of rotatable bonds is 9. The second kappa shape index (κ2) is 7.61. The van der Waals surface area contributed by atoms with Gasteiger partial charge in [-0.15, -0.1) is 0 Å². The van der Waals surface area contributed by atoms with Crippen molar-refractivity contribution in [2.75, 3.05) is 0 Å². The Hall–Kier alpha value is -1.34. The average molecular weight is 316 g/mol. The summed E-state index contributed by atoms with van der Waals surface area (Å²) in [6.07, 6.45) is 4.48. The van der Waals surface area contributed by atoms with Crippen LogP contribution >= 0.6 is 0 Å². The molecule has 2 N–H and O–H groups in total. The number of nitrogens with zero attached hydrogens (tertiary/aromatic N) is 1. The molecule has 0 spiro atoms. The number of carbonyl (C=O) groups is 1. The van der Waals surface area contributed by atoms with E-state index >= 15 is 0 Å². The molecule has 1 heterocycles. The minimum Gasteiger partial charge on any atom is -0.477 e. The maximum atomic E-state index is 12.4. The van der Waals surface area contributed by atoms with Crippen LogP contribution in [-0.4, -0.2) is 30.1 Å². The van der Waals surface area contributed by atoms with E-state index in [1.807, 2.05) is 20.8 Å². The molecular formula is C14H24N2O4S. The van der Waals surface area contributed by atoms with Gasteiger partial charge in [-0.3, -0.25) is 0 Å². The number of carboxylic acid groups (broad SMARTS) is 1. The predicted octanol–water partition coefficient (Wildman–Crippen LogP) is 2.45. The van der Waals surface area contributed by atoms with Gasteiger partial charge in [0.05, 0.1) is 0 Å². The van der Waals surface area contributed by atoms with Crippen LogP contribution in [0.5, 0.6) is 0 Å². The van der Waals surface area contributed by atoms with E-state index in [9.17, 15) is 13.2 Å². The van der Waals surface area contributed by atoms with Gasteiger partial charge in [-0.05, 0) is 25.3 Å². The molecule has 0 bridgehead atoms. The summed E-state index contributed by atoms with van der Waals surface area (Å²) in [4.78, 5) is 11.2. The first-order valence-electron chi connectivity index (χ1n) is 7.31. The lowest BCUT2D eigenvalue weighted by Crippen LogP contribution is -2.34. The summed E-state index contributed by atoms with van der Waals surface area (Å²) in [5, 5.41) is 9.15. The first-order chi connectivity index (χ1) is 9.85. The van der Waals surface area contributed by atoms with Gasteiger partial charge in [-0.2, -0.15) is 0 Å². The standard InChI is InChI=1S/C14H24N2O4S/c1-4-7-11(6-3)15-21(19,20)12-9-13(14(17)18)16(10-12)8-5-2/h9-11,15H,4-8H2,1-3H3,(H,17,18). The van der Waals surface area contributed by atoms with Gasteiger partial charge in [-0.25, -0.2) is 17.9 Å². The third kappa shape index (κ3) is 4.57. The zero-order valence-corrected chi connectivity index (χ0v) is 13.6. The van der Waals surface area contributed by atoms with Crippen LogP contribution in [0.15, 0.2) is 17.2 Å². The maximum Gasteiger partial charge on any atom is 0.352 e. The molecule has 1 atom stereocenters. The van der Waals surface area contributed by atoms with E-state index in [-0.39, 0.29) is 16.6 Å². The average Bonchev–Trinajstić information content (AvgIpc) is 2.83. The number of aryl methyl sites for hydroxylation is 1. The van der Waals surface area contributed by atoms with Crippen molar-refractivity contribution in [1.29, 1.82) is 0 Å². The molecule has 1 unspecified atom stereocenters. The Balaban J connectivity index is 3.08. The van der Waals surface area contributed by atoms with Crippen LogP contribution in [0.1, 0.15) is 56.9 Å². The number of hydrogen-bond donors (Lipinski definition) is 2. The predicted molar refractivity (Wildman–Crippen MR) is 81.0 cm³/mol. The molecule has 7 heteroatoms. The smallest absolute Gasteiger partial charge is 0.352 e. The lowest BCUT2D eigenvalue weighted by molar-refractivity contribution is 0.0685. The molecule has 0 fully saturated rings. The highest BCUT2D eigenvalue weighted by atomic mass is 32.2. The number of aromatic carboxylic acids is 1. The van der Waals surface area contributed by atoms with Crippen LogP contribution in [0.2, 0.25) is 0 Å². The van der Waals surface area contributed by atoms with Crippen LogP contribution in [-0.2, 0) is 16.6 Å². The van der Waals surface area contributed by atoms with Crippen LogP contribution in [0.25, 0.3) is 0 Å². The van der Waals surface area contributed by atoms with Crippen molar-refractivity contribution in [2.45, 2.75) is 63.9 Å². The lowest BCUT2D eigenvalue weighted by atomic mass is 10.1. The van der Waals surface area contributed by atoms with Gasteiger partial charge >= 0.3 is 5.97 Å². The molecule has 0 amide bonds. The van der Waals surface area contributed by atoms with Crippen molar-refractivity contribution in [3.8, 4) is 0 Å². The highest BCUT2D eigenvalue weighted by Crippen LogP contribution is 2.17. The molecule has 0 aliphatic carbocycles. The molecule has 1 rings (SSSR count). The topological polar surface area (TPSA) is 88.4 Å². The van der Waals surface area contributed by atoms with Gasteiger partial charge in [0.2, 0.25) is 10.0 Å². The van der Waals surface area contributed by atoms with Crippen LogP contribution in [0, 0.1) is 0 Å². The second-order valence-electron chi connectivity index (χ2n) is 5.07. The van der Waals surface area contributed by atoms with E-state index < -0.39 is 16.0 Å². The fraction of sp³-hybridized carbons (Fsp3) is 0.643. The second-order valence-corrected chi connectivity index (χ2v) is 6.79. The van der Waals surface area contributed by atoms with E-state index in [2.05, 4.69) is 4.72 Å². The van der Waals surface area contributed by atoms with Crippen molar-refractivity contribution in [2.24, 2.45) is 0 Å². The first-order valence-corrected chi connectivity index (χ1v) is 8.79. The molecule has 0 saturated heterocycles. The normalized spacial score (nSPS) is 13.3. The van der Waals surface area contributed by atoms with Gasteiger partial charge in [-0.1, -0.05) is 27.2 Å². The van der Waals surface area contributed by atoms with E-state index in [1.54, 1.807) is 0 Å². The maximum absolute atomic E-state index is 12.4. The molecule has 6 nitrogen and oxygen atoms in total. The largest absolute Gasteiger partial charge is 0.477 e. The molecular weight excluding hydrogens is 292 g/mol. The van der Waals surface area contributed by atoms with E-state index in [0.29, 0.717) is 13.0 Å². The van der Waals surface area contributed by atoms with Gasteiger partial charge in [0, 0.05) is 18.8 Å². The monoisotopic (exact) mass is 316 g/mol. The summed E-state index contributed by atoms with van der Waals surface area (Å²) in [6.45, 7) is 6.31. The molecule has 21 heavy (non-hydrogen) atoms. The fourth-order valence-electron chi connectivity index (χ4n) is 2.22. The third-order valence-corrected chi connectivity index (χ3v) is 4.80. The van der Waals surface area contributed by atoms with Crippen molar-refractivity contribution >= 4 is 16.0 Å². The molecule has 120 valence electrons. The Morgan fingerprint density at radius 3 is 2.48 bits per heavy atom. The molecule has 0 aliphatic heterocycles. The summed E-state index contributed by atoms with van der Waals surface area (Å²) in [7, 11) is -3.68. The Morgan fingerprint density at radius 1 is 1.33 bits per heavy atom. The van der Waals surface area contributed by atoms with Crippen molar-refractivity contribution in [3.05, 3.63) is 18.0 Å². The highest BCUT2D eigenvalue weighted by Gasteiger charge is 2.23. The molecule has 0 aromatic carbocycles. The minimum atomic E-state index is -3.68. The zero-order valence-electron chi connectivity index (χ0n) is 12.8. The van der Waals surface area contributed by atoms with Crippen molar-refractivity contribution in [3.63, 3.8) is 0 Å². The summed E-state index contributed by atoms with van der Waals surface area (Å²) < 4.78 is 28.8. The fourth-order valence-corrected chi connectivity index (χ4v) is 3.61. The Kier molecular flexibility index (Phi) is 6.42. The number of hydrogen-bond acceptors (Lipinski definition) is 3. The molecule has 1 aromatic rings.